The number of thiocarbonyl (C=S) groups is 1. The van der Waals surface area contributed by atoms with E-state index in [1.54, 1.807) is 42.2 Å². The van der Waals surface area contributed by atoms with Gasteiger partial charge in [0.05, 0.1) is 6.04 Å². The molecule has 0 bridgehead atoms. The molecule has 1 aliphatic heterocycles. The first kappa shape index (κ1) is 18.2. The zero-order chi connectivity index (χ0) is 18.8. The Labute approximate surface area is 156 Å². The monoisotopic (exact) mass is 372 g/mol. The van der Waals surface area contributed by atoms with Crippen molar-refractivity contribution in [3.63, 3.8) is 0 Å². The second kappa shape index (κ2) is 7.33. The Morgan fingerprint density at radius 3 is 2.42 bits per heavy atom. The molecule has 0 saturated carbocycles. The van der Waals surface area contributed by atoms with Crippen molar-refractivity contribution < 1.29 is 13.6 Å². The number of hydrogen-bond acceptors (Lipinski definition) is 2. The molecule has 3 rings (SSSR count). The van der Waals surface area contributed by atoms with Crippen LogP contribution in [-0.2, 0) is 11.3 Å². The molecule has 2 aromatic rings. The van der Waals surface area contributed by atoms with Crippen molar-refractivity contribution in [2.45, 2.75) is 26.4 Å². The van der Waals surface area contributed by atoms with E-state index < -0.39 is 11.9 Å². The highest BCUT2D eigenvalue weighted by Crippen LogP contribution is 2.33. The normalized spacial score (nSPS) is 17.3. The van der Waals surface area contributed by atoms with Crippen LogP contribution < -0.4 is 5.32 Å². The largest absolute Gasteiger partial charge is 0.351 e. The lowest BCUT2D eigenvalue weighted by Crippen LogP contribution is -2.47. The molecular weight excluding hydrogens is 354 g/mol. The zero-order valence-electron chi connectivity index (χ0n) is 14.4. The van der Waals surface area contributed by atoms with Gasteiger partial charge in [-0.3, -0.25) is 4.79 Å². The van der Waals surface area contributed by atoms with Gasteiger partial charge in [-0.1, -0.05) is 30.3 Å². The molecule has 0 aromatic heterocycles. The summed E-state index contributed by atoms with van der Waals surface area (Å²) in [4.78, 5) is 14.1. The molecule has 0 amide bonds. The number of halogens is 2. The van der Waals surface area contributed by atoms with Crippen LogP contribution in [0.2, 0.25) is 0 Å². The van der Waals surface area contributed by atoms with Crippen molar-refractivity contribution in [2.24, 2.45) is 0 Å². The van der Waals surface area contributed by atoms with E-state index in [9.17, 15) is 13.6 Å². The maximum Gasteiger partial charge on any atom is 0.174 e. The molecule has 0 radical (unpaired) electrons. The summed E-state index contributed by atoms with van der Waals surface area (Å²) in [6.07, 6.45) is 0. The van der Waals surface area contributed by atoms with Crippen molar-refractivity contribution in [2.75, 3.05) is 0 Å². The van der Waals surface area contributed by atoms with Gasteiger partial charge in [0, 0.05) is 23.4 Å². The molecule has 1 aliphatic rings. The van der Waals surface area contributed by atoms with Crippen molar-refractivity contribution >= 4 is 23.1 Å². The highest BCUT2D eigenvalue weighted by atomic mass is 32.1. The molecule has 134 valence electrons. The number of allylic oxidation sites excluding steroid dienone is 1. The molecule has 26 heavy (non-hydrogen) atoms. The van der Waals surface area contributed by atoms with Crippen LogP contribution in [0.4, 0.5) is 8.78 Å². The van der Waals surface area contributed by atoms with Crippen molar-refractivity contribution in [3.8, 4) is 0 Å². The minimum Gasteiger partial charge on any atom is -0.351 e. The number of carbonyl (C=O) groups excluding carboxylic acids is 1. The number of nitrogens with one attached hydrogen (secondary N) is 1. The summed E-state index contributed by atoms with van der Waals surface area (Å²) in [5.41, 5.74) is 2.35. The van der Waals surface area contributed by atoms with Gasteiger partial charge in [0.1, 0.15) is 11.6 Å². The maximum atomic E-state index is 14.3. The first-order chi connectivity index (χ1) is 12.4. The number of ketones is 1. The van der Waals surface area contributed by atoms with E-state index in [4.69, 9.17) is 12.2 Å². The van der Waals surface area contributed by atoms with Gasteiger partial charge in [-0.15, -0.1) is 0 Å². The van der Waals surface area contributed by atoms with Crippen LogP contribution in [0.1, 0.15) is 31.0 Å². The first-order valence-electron chi connectivity index (χ1n) is 8.17. The number of Topliss-reactive ketones (excluding diaryl/α,β-unsaturated/α-hetero) is 1. The Morgan fingerprint density at radius 2 is 1.81 bits per heavy atom. The SMILES string of the molecule is CC(=O)C1=C(C)N(Cc2ccc(F)cc2)C(=S)NC1c1ccccc1F. The van der Waals surface area contributed by atoms with Gasteiger partial charge in [-0.25, -0.2) is 8.78 Å². The van der Waals surface area contributed by atoms with E-state index in [2.05, 4.69) is 5.32 Å². The fourth-order valence-corrected chi connectivity index (χ4v) is 3.46. The summed E-state index contributed by atoms with van der Waals surface area (Å²) < 4.78 is 27.4. The van der Waals surface area contributed by atoms with Crippen LogP contribution in [0.5, 0.6) is 0 Å². The minimum atomic E-state index is -0.634. The molecule has 0 saturated heterocycles. The number of rotatable bonds is 4. The second-order valence-corrected chi connectivity index (χ2v) is 6.56. The molecule has 6 heteroatoms. The maximum absolute atomic E-state index is 14.3. The number of benzene rings is 2. The van der Waals surface area contributed by atoms with Gasteiger partial charge in [0.2, 0.25) is 0 Å². The molecule has 3 nitrogen and oxygen atoms in total. The summed E-state index contributed by atoms with van der Waals surface area (Å²) in [5.74, 6) is -0.870. The van der Waals surface area contributed by atoms with E-state index >= 15 is 0 Å². The topological polar surface area (TPSA) is 32.3 Å². The Bertz CT molecular complexity index is 893. The number of hydrogen-bond donors (Lipinski definition) is 1. The Kier molecular flexibility index (Phi) is 5.13. The minimum absolute atomic E-state index is 0.158. The summed E-state index contributed by atoms with van der Waals surface area (Å²) in [5, 5.41) is 3.48. The van der Waals surface area contributed by atoms with E-state index in [1.165, 1.54) is 25.1 Å². The van der Waals surface area contributed by atoms with Gasteiger partial charge < -0.3 is 10.2 Å². The zero-order valence-corrected chi connectivity index (χ0v) is 15.2. The second-order valence-electron chi connectivity index (χ2n) is 6.17. The molecule has 1 unspecified atom stereocenters. The van der Waals surface area contributed by atoms with Crippen molar-refractivity contribution in [3.05, 3.63) is 82.6 Å². The number of nitrogens with zero attached hydrogens (tertiary/aromatic N) is 1. The highest BCUT2D eigenvalue weighted by Gasteiger charge is 2.33. The van der Waals surface area contributed by atoms with Crippen LogP contribution >= 0.6 is 12.2 Å². The van der Waals surface area contributed by atoms with Gasteiger partial charge in [-0.05, 0) is 49.8 Å². The summed E-state index contributed by atoms with van der Waals surface area (Å²) >= 11 is 5.46. The third kappa shape index (κ3) is 3.51. The highest BCUT2D eigenvalue weighted by molar-refractivity contribution is 7.80. The van der Waals surface area contributed by atoms with E-state index in [1.807, 2.05) is 0 Å². The molecular formula is C20H18F2N2OS. The van der Waals surface area contributed by atoms with E-state index in [0.717, 1.165) is 5.56 Å². The predicted octanol–water partition coefficient (Wildman–Crippen LogP) is 4.26. The molecule has 1 N–H and O–H groups in total. The molecule has 1 atom stereocenters. The third-order valence-corrected chi connectivity index (χ3v) is 4.78. The van der Waals surface area contributed by atoms with E-state index in [-0.39, 0.29) is 11.6 Å². The standard InChI is InChI=1S/C20H18F2N2OS/c1-12-18(13(2)25)19(16-5-3-4-6-17(16)22)23-20(26)24(12)11-14-7-9-15(21)10-8-14/h3-10,19H,11H2,1-2H3,(H,23,26). The van der Waals surface area contributed by atoms with E-state index in [0.29, 0.717) is 28.5 Å². The summed E-state index contributed by atoms with van der Waals surface area (Å²) in [7, 11) is 0. The molecule has 1 heterocycles. The number of carbonyl (C=O) groups is 1. The van der Waals surface area contributed by atoms with Crippen LogP contribution in [0.3, 0.4) is 0 Å². The lowest BCUT2D eigenvalue weighted by Gasteiger charge is -2.38. The lowest BCUT2D eigenvalue weighted by atomic mass is 9.92. The fourth-order valence-electron chi connectivity index (χ4n) is 3.14. The van der Waals surface area contributed by atoms with Crippen LogP contribution in [0.25, 0.3) is 0 Å². The van der Waals surface area contributed by atoms with Crippen molar-refractivity contribution in [1.29, 1.82) is 0 Å². The first-order valence-corrected chi connectivity index (χ1v) is 8.58. The van der Waals surface area contributed by atoms with Gasteiger partial charge >= 0.3 is 0 Å². The Morgan fingerprint density at radius 1 is 1.15 bits per heavy atom. The molecule has 0 spiro atoms. The lowest BCUT2D eigenvalue weighted by molar-refractivity contribution is -0.114. The predicted molar refractivity (Wildman–Crippen MR) is 100 cm³/mol. The Balaban J connectivity index is 2.01. The van der Waals surface area contributed by atoms with Crippen LogP contribution in [0, 0.1) is 11.6 Å². The van der Waals surface area contributed by atoms with Crippen LogP contribution in [-0.4, -0.2) is 15.8 Å². The summed E-state index contributed by atoms with van der Waals surface area (Å²) in [6.45, 7) is 3.64. The quantitative estimate of drug-likeness (QED) is 0.813. The molecule has 0 aliphatic carbocycles. The Hall–Kier alpha value is -2.60. The molecule has 0 fully saturated rings. The fraction of sp³-hybridized carbons (Fsp3) is 0.200. The average Bonchev–Trinajstić information content (AvgIpc) is 2.59. The van der Waals surface area contributed by atoms with Crippen molar-refractivity contribution in [1.82, 2.24) is 10.2 Å². The smallest absolute Gasteiger partial charge is 0.174 e. The van der Waals surface area contributed by atoms with Gasteiger partial charge in [0.15, 0.2) is 10.9 Å². The third-order valence-electron chi connectivity index (χ3n) is 4.45. The van der Waals surface area contributed by atoms with Gasteiger partial charge in [-0.2, -0.15) is 0 Å². The van der Waals surface area contributed by atoms with Gasteiger partial charge in [0.25, 0.3) is 0 Å². The van der Waals surface area contributed by atoms with Crippen LogP contribution in [0.15, 0.2) is 59.8 Å². The summed E-state index contributed by atoms with van der Waals surface area (Å²) in [6, 6.07) is 11.8. The molecule has 2 aromatic carbocycles. The average molecular weight is 372 g/mol.